The molecule has 1 aromatic heterocycles. The Labute approximate surface area is 265 Å². The Balaban J connectivity index is 1.42. The Morgan fingerprint density at radius 3 is 2.19 bits per heavy atom. The van der Waals surface area contributed by atoms with E-state index in [9.17, 15) is 50.8 Å². The average Bonchev–Trinajstić information content (AvgIpc) is 3.00. The van der Waals surface area contributed by atoms with E-state index in [4.69, 9.17) is 16.0 Å². The third kappa shape index (κ3) is 7.56. The number of carbonyl (C=O) groups excluding carboxylic acids is 2. The second-order valence-electron chi connectivity index (χ2n) is 10.9. The molecule has 0 saturated carbocycles. The summed E-state index contributed by atoms with van der Waals surface area (Å²) in [4.78, 5) is 50.9. The first-order valence-corrected chi connectivity index (χ1v) is 14.3. The molecular formula is C31H22ClF6N3O6. The number of benzene rings is 3. The number of fused-ring (bicyclic) bond motifs is 1. The smallest absolute Gasteiger partial charge is 0.416 e. The number of non-ortho nitro benzene ring substituents is 1. The molecule has 2 atom stereocenters. The number of nitro benzene ring substituents is 1. The number of likely N-dealkylation sites (tertiary alicyclic amines) is 1. The summed E-state index contributed by atoms with van der Waals surface area (Å²) in [6, 6.07) is 9.84. The number of nitrogens with zero attached hydrogens (tertiary/aromatic N) is 2. The van der Waals surface area contributed by atoms with Gasteiger partial charge >= 0.3 is 12.4 Å². The van der Waals surface area contributed by atoms with Crippen LogP contribution < -0.4 is 10.7 Å². The number of alkyl halides is 6. The van der Waals surface area contributed by atoms with Gasteiger partial charge in [0.05, 0.1) is 21.4 Å². The summed E-state index contributed by atoms with van der Waals surface area (Å²) in [6.07, 6.45) is -10.1. The summed E-state index contributed by atoms with van der Waals surface area (Å²) in [5.74, 6) is -2.27. The zero-order valence-corrected chi connectivity index (χ0v) is 24.6. The fraction of sp³-hybridized carbons (Fsp3) is 0.258. The Bertz CT molecular complexity index is 1890. The molecule has 1 fully saturated rings. The normalized spacial score (nSPS) is 17.0. The highest BCUT2D eigenvalue weighted by Gasteiger charge is 2.39. The van der Waals surface area contributed by atoms with Gasteiger partial charge in [-0.25, -0.2) is 0 Å². The van der Waals surface area contributed by atoms with E-state index in [2.05, 4.69) is 5.32 Å². The summed E-state index contributed by atoms with van der Waals surface area (Å²) in [7, 11) is 0. The monoisotopic (exact) mass is 681 g/mol. The molecule has 0 spiro atoms. The molecule has 5 rings (SSSR count). The molecule has 0 aliphatic carbocycles. The minimum absolute atomic E-state index is 0.0369. The zero-order chi connectivity index (χ0) is 34.3. The minimum atomic E-state index is -5.15. The van der Waals surface area contributed by atoms with Crippen molar-refractivity contribution >= 4 is 40.1 Å². The summed E-state index contributed by atoms with van der Waals surface area (Å²) in [5.41, 5.74) is -4.53. The van der Waals surface area contributed by atoms with Crippen molar-refractivity contribution in [3.05, 3.63) is 120 Å². The van der Waals surface area contributed by atoms with Crippen molar-refractivity contribution in [3.63, 3.8) is 0 Å². The van der Waals surface area contributed by atoms with Gasteiger partial charge in [0, 0.05) is 47.4 Å². The van der Waals surface area contributed by atoms with E-state index in [0.717, 1.165) is 18.2 Å². The first kappa shape index (κ1) is 33.4. The molecule has 3 aromatic carbocycles. The van der Waals surface area contributed by atoms with E-state index >= 15 is 0 Å². The van der Waals surface area contributed by atoms with Crippen molar-refractivity contribution < 1.29 is 45.3 Å². The van der Waals surface area contributed by atoms with Crippen LogP contribution in [0.2, 0.25) is 5.02 Å². The van der Waals surface area contributed by atoms with Crippen LogP contribution in [0.3, 0.4) is 0 Å². The number of rotatable bonds is 6. The predicted octanol–water partition coefficient (Wildman–Crippen LogP) is 7.04. The molecule has 2 heterocycles. The molecule has 1 aliphatic heterocycles. The maximum Gasteiger partial charge on any atom is 0.416 e. The van der Waals surface area contributed by atoms with Crippen LogP contribution >= 0.6 is 11.6 Å². The average molecular weight is 682 g/mol. The van der Waals surface area contributed by atoms with Crippen LogP contribution in [0.25, 0.3) is 11.0 Å². The molecule has 246 valence electrons. The van der Waals surface area contributed by atoms with Gasteiger partial charge in [-0.05, 0) is 61.2 Å². The molecule has 47 heavy (non-hydrogen) atoms. The Morgan fingerprint density at radius 2 is 1.60 bits per heavy atom. The van der Waals surface area contributed by atoms with E-state index in [0.29, 0.717) is 22.7 Å². The molecule has 0 bridgehead atoms. The molecule has 2 amide bonds. The second-order valence-corrected chi connectivity index (χ2v) is 11.3. The van der Waals surface area contributed by atoms with Crippen LogP contribution in [0.4, 0.5) is 32.0 Å². The van der Waals surface area contributed by atoms with Crippen molar-refractivity contribution in [3.8, 4) is 0 Å². The summed E-state index contributed by atoms with van der Waals surface area (Å²) in [6.45, 7) is -0.148. The molecule has 1 aliphatic rings. The summed E-state index contributed by atoms with van der Waals surface area (Å²) >= 11 is 5.97. The highest BCUT2D eigenvalue weighted by Crippen LogP contribution is 2.37. The van der Waals surface area contributed by atoms with Crippen LogP contribution in [-0.4, -0.2) is 40.3 Å². The fourth-order valence-corrected chi connectivity index (χ4v) is 5.53. The number of halogens is 7. The standard InChI is InChI=1S/C31H22ClF6N3O6/c32-20-3-1-16(2-4-20)9-23-13-21(39-28(43)27-15-25(42)24-14-22(41(45)46)5-6-26(24)47-27)7-8-40(23)29(44)17-10-18(30(33,34)35)12-19(11-17)31(36,37)38/h1-6,10-12,14-15,21,23H,7-9,13H2,(H,39,43). The van der Waals surface area contributed by atoms with Crippen molar-refractivity contribution in [2.45, 2.75) is 43.7 Å². The summed E-state index contributed by atoms with van der Waals surface area (Å²) in [5, 5.41) is 14.0. The fourth-order valence-electron chi connectivity index (χ4n) is 5.41. The van der Waals surface area contributed by atoms with E-state index in [-0.39, 0.29) is 48.5 Å². The molecular weight excluding hydrogens is 660 g/mol. The van der Waals surface area contributed by atoms with E-state index in [1.807, 2.05) is 0 Å². The molecule has 0 radical (unpaired) electrons. The zero-order valence-electron chi connectivity index (χ0n) is 23.8. The third-order valence-corrected chi connectivity index (χ3v) is 7.93. The molecule has 4 aromatic rings. The Morgan fingerprint density at radius 1 is 0.957 bits per heavy atom. The number of carbonyl (C=O) groups is 2. The number of nitro groups is 1. The lowest BCUT2D eigenvalue weighted by molar-refractivity contribution is -0.384. The lowest BCUT2D eigenvalue weighted by Crippen LogP contribution is -2.52. The van der Waals surface area contributed by atoms with Crippen LogP contribution in [0.5, 0.6) is 0 Å². The van der Waals surface area contributed by atoms with Crippen LogP contribution in [0.1, 0.15) is 50.4 Å². The van der Waals surface area contributed by atoms with Crippen molar-refractivity contribution in [2.24, 2.45) is 0 Å². The lowest BCUT2D eigenvalue weighted by atomic mass is 9.91. The first-order valence-electron chi connectivity index (χ1n) is 13.9. The van der Waals surface area contributed by atoms with Gasteiger partial charge in [0.15, 0.2) is 11.2 Å². The number of hydrogen-bond acceptors (Lipinski definition) is 6. The highest BCUT2D eigenvalue weighted by molar-refractivity contribution is 6.30. The molecule has 1 N–H and O–H groups in total. The first-order chi connectivity index (χ1) is 22.0. The number of nitrogens with one attached hydrogen (secondary N) is 1. The quantitative estimate of drug-likeness (QED) is 0.132. The maximum atomic E-state index is 13.6. The van der Waals surface area contributed by atoms with Crippen LogP contribution in [-0.2, 0) is 18.8 Å². The van der Waals surface area contributed by atoms with Crippen molar-refractivity contribution in [1.82, 2.24) is 10.2 Å². The van der Waals surface area contributed by atoms with Gasteiger partial charge in [0.1, 0.15) is 5.58 Å². The second kappa shape index (κ2) is 12.7. The van der Waals surface area contributed by atoms with E-state index < -0.39 is 69.1 Å². The number of piperidine rings is 1. The number of amides is 2. The van der Waals surface area contributed by atoms with Gasteiger partial charge in [-0.15, -0.1) is 0 Å². The topological polar surface area (TPSA) is 123 Å². The van der Waals surface area contributed by atoms with Crippen LogP contribution in [0.15, 0.2) is 75.9 Å². The largest absolute Gasteiger partial charge is 0.451 e. The summed E-state index contributed by atoms with van der Waals surface area (Å²) < 4.78 is 86.6. The molecule has 2 unspecified atom stereocenters. The van der Waals surface area contributed by atoms with Crippen molar-refractivity contribution in [2.75, 3.05) is 6.54 Å². The Kier molecular flexibility index (Phi) is 9.04. The van der Waals surface area contributed by atoms with Crippen molar-refractivity contribution in [1.29, 1.82) is 0 Å². The lowest BCUT2D eigenvalue weighted by Gasteiger charge is -2.40. The molecule has 16 heteroatoms. The highest BCUT2D eigenvalue weighted by atomic mass is 35.5. The van der Waals surface area contributed by atoms with E-state index in [1.54, 1.807) is 24.3 Å². The Hall–Kier alpha value is -4.92. The molecule has 1 saturated heterocycles. The molecule has 9 nitrogen and oxygen atoms in total. The van der Waals surface area contributed by atoms with Gasteiger partial charge in [0.25, 0.3) is 17.5 Å². The maximum absolute atomic E-state index is 13.6. The predicted molar refractivity (Wildman–Crippen MR) is 156 cm³/mol. The van der Waals surface area contributed by atoms with Gasteiger partial charge in [-0.2, -0.15) is 26.3 Å². The minimum Gasteiger partial charge on any atom is -0.451 e. The SMILES string of the molecule is O=C(NC1CCN(C(=O)c2cc(C(F)(F)F)cc(C(F)(F)F)c2)C(Cc2ccc(Cl)cc2)C1)c1cc(=O)c2cc([N+](=O)[O-])ccc2o1. The number of hydrogen-bond donors (Lipinski definition) is 1. The third-order valence-electron chi connectivity index (χ3n) is 7.68. The van der Waals surface area contributed by atoms with Crippen LogP contribution in [0, 0.1) is 10.1 Å². The van der Waals surface area contributed by atoms with Gasteiger partial charge in [-0.3, -0.25) is 24.5 Å². The van der Waals surface area contributed by atoms with Gasteiger partial charge in [-0.1, -0.05) is 23.7 Å². The van der Waals surface area contributed by atoms with E-state index in [1.165, 1.54) is 11.0 Å². The van der Waals surface area contributed by atoms with Gasteiger partial charge in [0.2, 0.25) is 0 Å². The van der Waals surface area contributed by atoms with Gasteiger partial charge < -0.3 is 14.6 Å².